The molecule has 0 bridgehead atoms. The number of alkyl carbamates (subject to hydrolysis) is 1. The Morgan fingerprint density at radius 3 is 2.81 bits per heavy atom. The van der Waals surface area contributed by atoms with Gasteiger partial charge < -0.3 is 20.7 Å². The largest absolute Gasteiger partial charge is 0.444 e. The molecule has 116 valence electrons. The second-order valence-corrected chi connectivity index (χ2v) is 7.14. The fourth-order valence-electron chi connectivity index (χ4n) is 2.30. The van der Waals surface area contributed by atoms with E-state index in [0.29, 0.717) is 0 Å². The number of ether oxygens (including phenoxy) is 1. The average Bonchev–Trinajstić information content (AvgIpc) is 2.78. The van der Waals surface area contributed by atoms with E-state index < -0.39 is 5.60 Å². The molecular formula is C15H22BrN3O2. The van der Waals surface area contributed by atoms with E-state index in [9.17, 15) is 4.79 Å². The van der Waals surface area contributed by atoms with Crippen LogP contribution in [0.25, 0.3) is 0 Å². The van der Waals surface area contributed by atoms with Gasteiger partial charge in [0.25, 0.3) is 0 Å². The van der Waals surface area contributed by atoms with E-state index in [4.69, 9.17) is 10.5 Å². The van der Waals surface area contributed by atoms with Gasteiger partial charge in [-0.1, -0.05) is 0 Å². The van der Waals surface area contributed by atoms with Gasteiger partial charge >= 0.3 is 6.09 Å². The van der Waals surface area contributed by atoms with E-state index in [0.717, 1.165) is 35.4 Å². The van der Waals surface area contributed by atoms with Crippen molar-refractivity contribution in [2.24, 2.45) is 0 Å². The Bertz CT molecular complexity index is 528. The van der Waals surface area contributed by atoms with Crippen molar-refractivity contribution in [2.45, 2.75) is 38.8 Å². The monoisotopic (exact) mass is 355 g/mol. The molecule has 5 nitrogen and oxygen atoms in total. The molecule has 1 aromatic carbocycles. The lowest BCUT2D eigenvalue weighted by Crippen LogP contribution is -2.40. The number of halogens is 1. The van der Waals surface area contributed by atoms with E-state index in [2.05, 4.69) is 26.1 Å². The molecule has 0 aromatic heterocycles. The molecule has 1 heterocycles. The number of benzene rings is 1. The Morgan fingerprint density at radius 1 is 1.48 bits per heavy atom. The van der Waals surface area contributed by atoms with Gasteiger partial charge in [-0.05, 0) is 61.3 Å². The number of rotatable bonds is 2. The van der Waals surface area contributed by atoms with Crippen LogP contribution in [-0.4, -0.2) is 30.8 Å². The fraction of sp³-hybridized carbons (Fsp3) is 0.533. The Balaban J connectivity index is 1.91. The Labute approximate surface area is 134 Å². The van der Waals surface area contributed by atoms with Gasteiger partial charge in [-0.2, -0.15) is 0 Å². The lowest BCUT2D eigenvalue weighted by molar-refractivity contribution is 0.0509. The summed E-state index contributed by atoms with van der Waals surface area (Å²) >= 11 is 3.44. The molecule has 0 aliphatic carbocycles. The lowest BCUT2D eigenvalue weighted by atomic mass is 10.2. The highest BCUT2D eigenvalue weighted by Crippen LogP contribution is 2.28. The number of hydrogen-bond donors (Lipinski definition) is 2. The summed E-state index contributed by atoms with van der Waals surface area (Å²) in [7, 11) is 0. The first kappa shape index (κ1) is 15.9. The van der Waals surface area contributed by atoms with Gasteiger partial charge in [0.2, 0.25) is 0 Å². The zero-order valence-corrected chi connectivity index (χ0v) is 14.2. The van der Waals surface area contributed by atoms with Gasteiger partial charge in [0.05, 0.1) is 6.04 Å². The number of nitrogens with one attached hydrogen (secondary N) is 1. The van der Waals surface area contributed by atoms with Crippen LogP contribution in [0.15, 0.2) is 22.7 Å². The fourth-order valence-corrected chi connectivity index (χ4v) is 2.67. The standard InChI is InChI=1S/C15H22BrN3O2/c1-15(2,3)21-14(20)18-10-6-7-19(9-10)11-4-5-13(17)12(16)8-11/h4-5,8,10H,6-7,9,17H2,1-3H3,(H,18,20). The second kappa shape index (κ2) is 6.13. The molecule has 1 unspecified atom stereocenters. The number of carbonyl (C=O) groups is 1. The van der Waals surface area contributed by atoms with E-state index in [1.54, 1.807) is 0 Å². The third-order valence-corrected chi connectivity index (χ3v) is 3.95. The minimum atomic E-state index is -0.468. The van der Waals surface area contributed by atoms with Crippen LogP contribution in [0.1, 0.15) is 27.2 Å². The number of hydrogen-bond acceptors (Lipinski definition) is 4. The number of nitrogens with zero attached hydrogens (tertiary/aromatic N) is 1. The van der Waals surface area contributed by atoms with Crippen molar-refractivity contribution < 1.29 is 9.53 Å². The molecule has 0 spiro atoms. The summed E-state index contributed by atoms with van der Waals surface area (Å²) in [4.78, 5) is 14.0. The van der Waals surface area contributed by atoms with Gasteiger partial charge in [-0.25, -0.2) is 4.79 Å². The number of carbonyl (C=O) groups excluding carboxylic acids is 1. The SMILES string of the molecule is CC(C)(C)OC(=O)NC1CCN(c2ccc(N)c(Br)c2)C1. The van der Waals surface area contributed by atoms with Crippen LogP contribution in [0.2, 0.25) is 0 Å². The van der Waals surface area contributed by atoms with E-state index in [1.165, 1.54) is 0 Å². The zero-order chi connectivity index (χ0) is 15.6. The van der Waals surface area contributed by atoms with Crippen LogP contribution in [0.5, 0.6) is 0 Å². The smallest absolute Gasteiger partial charge is 0.407 e. The van der Waals surface area contributed by atoms with Crippen molar-refractivity contribution in [3.8, 4) is 0 Å². The highest BCUT2D eigenvalue weighted by Gasteiger charge is 2.26. The molecule has 1 aromatic rings. The summed E-state index contributed by atoms with van der Waals surface area (Å²) in [5.74, 6) is 0. The molecule has 1 saturated heterocycles. The molecule has 2 rings (SSSR count). The minimum absolute atomic E-state index is 0.108. The van der Waals surface area contributed by atoms with Gasteiger partial charge in [0.1, 0.15) is 5.60 Å². The molecule has 1 aliphatic rings. The first-order chi connectivity index (χ1) is 9.74. The van der Waals surface area contributed by atoms with Crippen molar-refractivity contribution in [3.05, 3.63) is 22.7 Å². The molecule has 21 heavy (non-hydrogen) atoms. The molecule has 1 fully saturated rings. The zero-order valence-electron chi connectivity index (χ0n) is 12.6. The molecule has 0 saturated carbocycles. The molecule has 3 N–H and O–H groups in total. The topological polar surface area (TPSA) is 67.6 Å². The van der Waals surface area contributed by atoms with Crippen molar-refractivity contribution in [1.82, 2.24) is 5.32 Å². The first-order valence-corrected chi connectivity index (χ1v) is 7.83. The number of amides is 1. The molecule has 0 radical (unpaired) electrons. The molecular weight excluding hydrogens is 334 g/mol. The summed E-state index contributed by atoms with van der Waals surface area (Å²) in [5, 5.41) is 2.92. The van der Waals surface area contributed by atoms with Gasteiger partial charge in [-0.15, -0.1) is 0 Å². The Hall–Kier alpha value is -1.43. The number of nitrogens with two attached hydrogens (primary N) is 1. The molecule has 1 atom stereocenters. The van der Waals surface area contributed by atoms with Crippen molar-refractivity contribution in [1.29, 1.82) is 0 Å². The number of nitrogen functional groups attached to an aromatic ring is 1. The lowest BCUT2D eigenvalue weighted by Gasteiger charge is -2.22. The second-order valence-electron chi connectivity index (χ2n) is 6.28. The normalized spacial score (nSPS) is 18.7. The van der Waals surface area contributed by atoms with Crippen molar-refractivity contribution in [2.75, 3.05) is 23.7 Å². The van der Waals surface area contributed by atoms with Gasteiger partial charge in [-0.3, -0.25) is 0 Å². The van der Waals surface area contributed by atoms with E-state index >= 15 is 0 Å². The Morgan fingerprint density at radius 2 is 2.19 bits per heavy atom. The van der Waals surface area contributed by atoms with Crippen LogP contribution in [0, 0.1) is 0 Å². The highest BCUT2D eigenvalue weighted by atomic mass is 79.9. The summed E-state index contributed by atoms with van der Waals surface area (Å²) < 4.78 is 6.18. The van der Waals surface area contributed by atoms with Crippen LogP contribution in [0.3, 0.4) is 0 Å². The summed E-state index contributed by atoms with van der Waals surface area (Å²) in [6, 6.07) is 5.99. The molecule has 1 aliphatic heterocycles. The maximum absolute atomic E-state index is 11.8. The van der Waals surface area contributed by atoms with Gasteiger partial charge in [0, 0.05) is 28.9 Å². The van der Waals surface area contributed by atoms with Crippen LogP contribution in [0.4, 0.5) is 16.2 Å². The summed E-state index contributed by atoms with van der Waals surface area (Å²) in [5.41, 5.74) is 7.16. The molecule has 1 amide bonds. The van der Waals surface area contributed by atoms with E-state index in [1.807, 2.05) is 39.0 Å². The quantitative estimate of drug-likeness (QED) is 0.799. The summed E-state index contributed by atoms with van der Waals surface area (Å²) in [6.45, 7) is 7.25. The summed E-state index contributed by atoms with van der Waals surface area (Å²) in [6.07, 6.45) is 0.550. The number of anilines is 2. The maximum atomic E-state index is 11.8. The van der Waals surface area contributed by atoms with Crippen LogP contribution in [-0.2, 0) is 4.74 Å². The molecule has 6 heteroatoms. The first-order valence-electron chi connectivity index (χ1n) is 7.04. The van der Waals surface area contributed by atoms with E-state index in [-0.39, 0.29) is 12.1 Å². The Kier molecular flexibility index (Phi) is 4.66. The third kappa shape index (κ3) is 4.52. The van der Waals surface area contributed by atoms with Gasteiger partial charge in [0.15, 0.2) is 0 Å². The predicted molar refractivity (Wildman–Crippen MR) is 88.5 cm³/mol. The third-order valence-electron chi connectivity index (χ3n) is 3.26. The predicted octanol–water partition coefficient (Wildman–Crippen LogP) is 3.13. The van der Waals surface area contributed by atoms with Crippen molar-refractivity contribution >= 4 is 33.4 Å². The minimum Gasteiger partial charge on any atom is -0.444 e. The average molecular weight is 356 g/mol. The van der Waals surface area contributed by atoms with Crippen LogP contribution < -0.4 is 16.0 Å². The highest BCUT2D eigenvalue weighted by molar-refractivity contribution is 9.10. The maximum Gasteiger partial charge on any atom is 0.407 e. The van der Waals surface area contributed by atoms with Crippen molar-refractivity contribution in [3.63, 3.8) is 0 Å². The van der Waals surface area contributed by atoms with Crippen LogP contribution >= 0.6 is 15.9 Å².